The summed E-state index contributed by atoms with van der Waals surface area (Å²) in [6.45, 7) is 16.3. The zero-order valence-electron chi connectivity index (χ0n) is 40.4. The molecule has 3 aliphatic rings. The van der Waals surface area contributed by atoms with Crippen LogP contribution in [0.15, 0.2) is 42.3 Å². The molecule has 64 heavy (non-hydrogen) atoms. The second-order valence-corrected chi connectivity index (χ2v) is 21.4. The topological polar surface area (TPSA) is 163 Å². The molecule has 1 aromatic carbocycles. The molecule has 14 nitrogen and oxygen atoms in total. The van der Waals surface area contributed by atoms with Gasteiger partial charge in [-0.15, -0.1) is 0 Å². The predicted octanol–water partition coefficient (Wildman–Crippen LogP) is 5.15. The molecule has 1 aromatic rings. The van der Waals surface area contributed by atoms with E-state index in [-0.39, 0.29) is 90.3 Å². The number of methoxy groups -OCH3 is 2. The molecule has 360 valence electrons. The highest BCUT2D eigenvalue weighted by atomic mass is 32.2. The molecule has 1 saturated carbocycles. The van der Waals surface area contributed by atoms with Crippen molar-refractivity contribution in [3.8, 4) is 0 Å². The Morgan fingerprint density at radius 3 is 2.23 bits per heavy atom. The number of hydrogen-bond acceptors (Lipinski definition) is 10. The van der Waals surface area contributed by atoms with Crippen LogP contribution in [0.5, 0.6) is 0 Å². The van der Waals surface area contributed by atoms with Gasteiger partial charge >= 0.3 is 0 Å². The van der Waals surface area contributed by atoms with E-state index in [4.69, 9.17) is 9.47 Å². The molecule has 2 bridgehead atoms. The summed E-state index contributed by atoms with van der Waals surface area (Å²) in [5.74, 6) is -1.53. The van der Waals surface area contributed by atoms with Gasteiger partial charge in [0.15, 0.2) is 9.84 Å². The van der Waals surface area contributed by atoms with Gasteiger partial charge in [-0.3, -0.25) is 24.0 Å². The lowest BCUT2D eigenvalue weighted by molar-refractivity contribution is -0.149. The third kappa shape index (κ3) is 13.5. The highest BCUT2D eigenvalue weighted by molar-refractivity contribution is 7.94. The number of ketones is 1. The number of Topliss-reactive ketones (excluding diaryl/α,β-unsaturated/α-hetero) is 1. The Kier molecular flexibility index (Phi) is 20.0. The van der Waals surface area contributed by atoms with Crippen molar-refractivity contribution in [2.75, 3.05) is 53.7 Å². The van der Waals surface area contributed by atoms with Gasteiger partial charge in [0, 0.05) is 71.1 Å². The van der Waals surface area contributed by atoms with Gasteiger partial charge in [0.1, 0.15) is 17.9 Å². The highest BCUT2D eigenvalue weighted by Crippen LogP contribution is 2.43. The molecule has 0 aromatic heterocycles. The number of rotatable bonds is 26. The molecule has 0 radical (unpaired) electrons. The van der Waals surface area contributed by atoms with Crippen molar-refractivity contribution in [2.24, 2.45) is 29.6 Å². The molecule has 1 N–H and O–H groups in total. The maximum atomic E-state index is 14.6. The van der Waals surface area contributed by atoms with Crippen molar-refractivity contribution in [1.29, 1.82) is 0 Å². The molecule has 2 saturated heterocycles. The number of carbonyl (C=O) groups is 5. The van der Waals surface area contributed by atoms with Crippen molar-refractivity contribution in [2.45, 2.75) is 148 Å². The third-order valence-electron chi connectivity index (χ3n) is 14.4. The average Bonchev–Trinajstić information content (AvgIpc) is 4.04. The molecular formula is C49H79N5O9S. The SMILES string of the molecule is C=CS(=O)(=O)CCN(C)CCC(=O)N1[C@H]2CC[C@@H](C2)[C@H]1C(=O)N[C@H](C(=O)N(C)[C@@H]([C@@H](C)CC)[C@@H](CC(=O)N1CCC[C@H]1[C@H](OC)[C@@H](C)C(=O)C[C@H](C)Cc1ccccc1)OC)C(C)C. The van der Waals surface area contributed by atoms with Gasteiger partial charge in [-0.05, 0) is 74.8 Å². The summed E-state index contributed by atoms with van der Waals surface area (Å²) in [6, 6.07) is 7.71. The summed E-state index contributed by atoms with van der Waals surface area (Å²) in [7, 11) is 3.28. The molecular weight excluding hydrogens is 835 g/mol. The van der Waals surface area contributed by atoms with E-state index in [0.717, 1.165) is 37.5 Å². The van der Waals surface area contributed by atoms with E-state index in [0.29, 0.717) is 32.4 Å². The number of ether oxygens (including phenoxy) is 2. The standard InChI is InChI=1S/C49H79N5O9S/c1-12-34(6)45(41(62-10)31-43(57)53-24-17-20-39(53)47(63-11)35(7)40(55)29-33(5)28-36-18-15-14-16-19-36)52(9)49(59)44(32(3)4)50-48(58)46-37-21-22-38(30-37)54(46)42(56)23-25-51(8)26-27-64(60,61)13-2/h13-16,18-19,32-35,37-39,41,44-47H,2,12,17,20-31H2,1,3-11H3,(H,50,58)/t33-,34+,35+,37+,38+,39+,41-,44+,45+,46+,47-/m1/s1. The number of benzene rings is 1. The second-order valence-electron chi connectivity index (χ2n) is 19.3. The van der Waals surface area contributed by atoms with Crippen LogP contribution in [0.1, 0.15) is 105 Å². The Morgan fingerprint density at radius 2 is 1.62 bits per heavy atom. The van der Waals surface area contributed by atoms with E-state index in [1.54, 1.807) is 43.0 Å². The van der Waals surface area contributed by atoms with Crippen molar-refractivity contribution in [1.82, 2.24) is 24.9 Å². The van der Waals surface area contributed by atoms with E-state index < -0.39 is 46.1 Å². The first-order valence-corrected chi connectivity index (χ1v) is 25.3. The quantitative estimate of drug-likeness (QED) is 0.132. The second kappa shape index (κ2) is 24.2. The Labute approximate surface area is 384 Å². The molecule has 2 aliphatic heterocycles. The van der Waals surface area contributed by atoms with Gasteiger partial charge in [0.25, 0.3) is 0 Å². The molecule has 2 heterocycles. The number of fused-ring (bicyclic) bond motifs is 2. The van der Waals surface area contributed by atoms with Gasteiger partial charge in [-0.2, -0.15) is 0 Å². The van der Waals surface area contributed by atoms with Crippen molar-refractivity contribution in [3.05, 3.63) is 47.9 Å². The number of hydrogen-bond donors (Lipinski definition) is 1. The van der Waals surface area contributed by atoms with Crippen molar-refractivity contribution < 1.29 is 41.9 Å². The maximum absolute atomic E-state index is 14.6. The minimum Gasteiger partial charge on any atom is -0.379 e. The number of nitrogens with zero attached hydrogens (tertiary/aromatic N) is 4. The Balaban J connectivity index is 1.44. The van der Waals surface area contributed by atoms with E-state index >= 15 is 0 Å². The summed E-state index contributed by atoms with van der Waals surface area (Å²) in [4.78, 5) is 77.7. The largest absolute Gasteiger partial charge is 0.379 e. The molecule has 0 spiro atoms. The zero-order valence-corrected chi connectivity index (χ0v) is 41.2. The van der Waals surface area contributed by atoms with Crippen LogP contribution in [0.3, 0.4) is 0 Å². The minimum atomic E-state index is -3.37. The first kappa shape index (κ1) is 53.0. The van der Waals surface area contributed by atoms with Crippen LogP contribution in [0, 0.1) is 29.6 Å². The number of sulfone groups is 1. The van der Waals surface area contributed by atoms with Gasteiger partial charge in [0.05, 0.1) is 36.5 Å². The van der Waals surface area contributed by atoms with Crippen LogP contribution in [-0.2, 0) is 49.7 Å². The van der Waals surface area contributed by atoms with Crippen molar-refractivity contribution in [3.63, 3.8) is 0 Å². The number of nitrogens with one attached hydrogen (secondary N) is 1. The first-order valence-electron chi connectivity index (χ1n) is 23.6. The summed E-state index contributed by atoms with van der Waals surface area (Å²) < 4.78 is 36.0. The number of amides is 4. The van der Waals surface area contributed by atoms with Gasteiger partial charge in [0.2, 0.25) is 23.6 Å². The van der Waals surface area contributed by atoms with E-state index in [2.05, 4.69) is 31.0 Å². The molecule has 4 amide bonds. The fourth-order valence-electron chi connectivity index (χ4n) is 10.5. The van der Waals surface area contributed by atoms with Gasteiger partial charge < -0.3 is 34.4 Å². The molecule has 15 heteroatoms. The Morgan fingerprint density at radius 1 is 0.938 bits per heavy atom. The van der Waals surface area contributed by atoms with Crippen LogP contribution < -0.4 is 5.32 Å². The number of likely N-dealkylation sites (N-methyl/N-ethyl adjacent to an activating group) is 1. The van der Waals surface area contributed by atoms with E-state index in [9.17, 15) is 32.4 Å². The van der Waals surface area contributed by atoms with Gasteiger partial charge in [-0.25, -0.2) is 8.42 Å². The fraction of sp³-hybridized carbons (Fsp3) is 0.735. The van der Waals surface area contributed by atoms with Crippen LogP contribution in [-0.4, -0.2) is 154 Å². The normalized spacial score (nSPS) is 23.1. The average molecular weight is 914 g/mol. The zero-order chi connectivity index (χ0) is 47.5. The lowest BCUT2D eigenvalue weighted by Gasteiger charge is -2.41. The van der Waals surface area contributed by atoms with E-state index in [1.165, 1.54) is 5.56 Å². The highest BCUT2D eigenvalue weighted by Gasteiger charge is 2.52. The van der Waals surface area contributed by atoms with Gasteiger partial charge in [-0.1, -0.05) is 84.9 Å². The van der Waals surface area contributed by atoms with Crippen molar-refractivity contribution >= 4 is 39.2 Å². The molecule has 4 rings (SSSR count). The van der Waals surface area contributed by atoms with Crippen LogP contribution in [0.2, 0.25) is 0 Å². The summed E-state index contributed by atoms with van der Waals surface area (Å²) in [6.07, 6.45) is 4.81. The van der Waals surface area contributed by atoms with E-state index in [1.807, 2.05) is 57.7 Å². The van der Waals surface area contributed by atoms with Crippen LogP contribution >= 0.6 is 0 Å². The van der Waals surface area contributed by atoms with Crippen LogP contribution in [0.25, 0.3) is 0 Å². The summed E-state index contributed by atoms with van der Waals surface area (Å²) >= 11 is 0. The predicted molar refractivity (Wildman–Crippen MR) is 250 cm³/mol. The molecule has 1 aliphatic carbocycles. The summed E-state index contributed by atoms with van der Waals surface area (Å²) in [5, 5.41) is 4.01. The molecule has 3 fully saturated rings. The first-order chi connectivity index (χ1) is 30.3. The monoisotopic (exact) mass is 914 g/mol. The lowest BCUT2D eigenvalue weighted by atomic mass is 9.86. The third-order valence-corrected chi connectivity index (χ3v) is 15.7. The number of piperidine rings is 1. The maximum Gasteiger partial charge on any atom is 0.245 e. The Hall–Kier alpha value is -3.66. The lowest BCUT2D eigenvalue weighted by Crippen LogP contribution is -2.60. The molecule has 11 atom stereocenters. The Bertz CT molecular complexity index is 1850. The summed E-state index contributed by atoms with van der Waals surface area (Å²) in [5.41, 5.74) is 1.19. The smallest absolute Gasteiger partial charge is 0.245 e. The number of carbonyl (C=O) groups excluding carboxylic acids is 5. The minimum absolute atomic E-state index is 0.0155. The fourth-order valence-corrected chi connectivity index (χ4v) is 11.2. The van der Waals surface area contributed by atoms with Crippen LogP contribution in [0.4, 0.5) is 0 Å². The number of likely N-dealkylation sites (tertiary alicyclic amines) is 2. The molecule has 0 unspecified atom stereocenters.